The highest BCUT2D eigenvalue weighted by Gasteiger charge is 2.09. The maximum absolute atomic E-state index is 11.1. The lowest BCUT2D eigenvalue weighted by atomic mass is 10.2. The summed E-state index contributed by atoms with van der Waals surface area (Å²) in [7, 11) is 1.43. The maximum atomic E-state index is 11.1. The maximum Gasteiger partial charge on any atom is 0.341 e. The number of carbonyl (C=O) groups is 2. The topological polar surface area (TPSA) is 81.7 Å². The Bertz CT molecular complexity index is 420. The van der Waals surface area contributed by atoms with E-state index >= 15 is 0 Å². The van der Waals surface area contributed by atoms with Gasteiger partial charge in [-0.05, 0) is 17.7 Å². The molecule has 3 N–H and O–H groups in total. The molecule has 0 aliphatic heterocycles. The van der Waals surface area contributed by atoms with Crippen LogP contribution in [0.3, 0.4) is 0 Å². The third-order valence-corrected chi connectivity index (χ3v) is 2.03. The molecule has 0 aliphatic rings. The van der Waals surface area contributed by atoms with Crippen LogP contribution in [-0.4, -0.2) is 29.3 Å². The van der Waals surface area contributed by atoms with Crippen LogP contribution in [0, 0.1) is 0 Å². The highest BCUT2D eigenvalue weighted by Crippen LogP contribution is 2.12. The summed E-state index contributed by atoms with van der Waals surface area (Å²) in [6, 6.07) is 6.31. The first kappa shape index (κ1) is 13.0. The average molecular weight is 237 g/mol. The molecule has 0 spiro atoms. The van der Waals surface area contributed by atoms with E-state index in [9.17, 15) is 14.8 Å². The molecule has 0 saturated carbocycles. The molecule has 0 fully saturated rings. The van der Waals surface area contributed by atoms with Crippen molar-refractivity contribution in [2.24, 2.45) is 0 Å². The summed E-state index contributed by atoms with van der Waals surface area (Å²) in [5.74, 6) is -0.172. The minimum Gasteiger partial charge on any atom is -0.339 e. The lowest BCUT2D eigenvalue weighted by Gasteiger charge is -2.14. The van der Waals surface area contributed by atoms with Crippen molar-refractivity contribution in [1.82, 2.24) is 10.4 Å². The van der Waals surface area contributed by atoms with Gasteiger partial charge in [0.2, 0.25) is 5.91 Å². The molecule has 17 heavy (non-hydrogen) atoms. The van der Waals surface area contributed by atoms with Crippen LogP contribution in [0.15, 0.2) is 24.3 Å². The molecule has 0 bridgehead atoms. The largest absolute Gasteiger partial charge is 0.341 e. The molecule has 1 rings (SSSR count). The molecule has 0 atom stereocenters. The minimum atomic E-state index is -0.588. The first-order chi connectivity index (χ1) is 8.02. The molecule has 3 amide bonds. The van der Waals surface area contributed by atoms with Crippen molar-refractivity contribution in [1.29, 1.82) is 0 Å². The zero-order chi connectivity index (χ0) is 12.8. The van der Waals surface area contributed by atoms with E-state index in [1.54, 1.807) is 24.3 Å². The van der Waals surface area contributed by atoms with Gasteiger partial charge < -0.3 is 10.6 Å². The van der Waals surface area contributed by atoms with Crippen molar-refractivity contribution >= 4 is 17.6 Å². The molecule has 0 unspecified atom stereocenters. The van der Waals surface area contributed by atoms with Gasteiger partial charge in [-0.2, -0.15) is 0 Å². The van der Waals surface area contributed by atoms with E-state index in [-0.39, 0.29) is 12.5 Å². The Morgan fingerprint density at radius 1 is 1.41 bits per heavy atom. The van der Waals surface area contributed by atoms with Gasteiger partial charge in [0, 0.05) is 19.7 Å². The predicted octanol–water partition coefficient (Wildman–Crippen LogP) is 1.18. The van der Waals surface area contributed by atoms with Crippen LogP contribution in [-0.2, 0) is 11.3 Å². The number of rotatable bonds is 3. The third kappa shape index (κ3) is 4.12. The summed E-state index contributed by atoms with van der Waals surface area (Å²) >= 11 is 0. The fourth-order valence-corrected chi connectivity index (χ4v) is 1.32. The number of amides is 3. The van der Waals surface area contributed by atoms with Gasteiger partial charge in [0.15, 0.2) is 0 Å². The SMILES string of the molecule is CNC(=O)N(O)Cc1cccc(NC(C)=O)c1. The fourth-order valence-electron chi connectivity index (χ4n) is 1.32. The van der Waals surface area contributed by atoms with Crippen molar-refractivity contribution in [2.75, 3.05) is 12.4 Å². The van der Waals surface area contributed by atoms with E-state index in [0.29, 0.717) is 16.3 Å². The van der Waals surface area contributed by atoms with E-state index in [1.807, 2.05) is 0 Å². The minimum absolute atomic E-state index is 0.0487. The quantitative estimate of drug-likeness (QED) is 0.545. The van der Waals surface area contributed by atoms with E-state index in [2.05, 4.69) is 10.6 Å². The summed E-state index contributed by atoms with van der Waals surface area (Å²) in [5, 5.41) is 14.9. The number of hydrogen-bond donors (Lipinski definition) is 3. The molecule has 0 aromatic heterocycles. The Labute approximate surface area is 99.2 Å². The first-order valence-corrected chi connectivity index (χ1v) is 5.07. The van der Waals surface area contributed by atoms with Crippen molar-refractivity contribution in [3.63, 3.8) is 0 Å². The van der Waals surface area contributed by atoms with Crippen LogP contribution in [0.4, 0.5) is 10.5 Å². The number of benzene rings is 1. The third-order valence-electron chi connectivity index (χ3n) is 2.03. The Hall–Kier alpha value is -2.08. The van der Waals surface area contributed by atoms with Crippen LogP contribution in [0.5, 0.6) is 0 Å². The molecule has 6 heteroatoms. The number of hydroxylamine groups is 2. The second-order valence-electron chi connectivity index (χ2n) is 3.49. The number of nitrogens with one attached hydrogen (secondary N) is 2. The van der Waals surface area contributed by atoms with Crippen LogP contribution in [0.2, 0.25) is 0 Å². The lowest BCUT2D eigenvalue weighted by Crippen LogP contribution is -2.34. The number of anilines is 1. The van der Waals surface area contributed by atoms with Crippen LogP contribution < -0.4 is 10.6 Å². The van der Waals surface area contributed by atoms with Gasteiger partial charge in [0.05, 0.1) is 6.54 Å². The lowest BCUT2D eigenvalue weighted by molar-refractivity contribution is -0.114. The zero-order valence-electron chi connectivity index (χ0n) is 9.73. The highest BCUT2D eigenvalue weighted by molar-refractivity contribution is 5.88. The molecule has 1 aromatic rings. The number of hydrogen-bond acceptors (Lipinski definition) is 3. The molecule has 6 nitrogen and oxygen atoms in total. The number of nitrogens with zero attached hydrogens (tertiary/aromatic N) is 1. The Morgan fingerprint density at radius 2 is 2.12 bits per heavy atom. The second kappa shape index (κ2) is 5.86. The molecular formula is C11H15N3O3. The van der Waals surface area contributed by atoms with Gasteiger partial charge in [-0.3, -0.25) is 10.0 Å². The Kier molecular flexibility index (Phi) is 4.47. The van der Waals surface area contributed by atoms with E-state index in [0.717, 1.165) is 0 Å². The molecule has 0 saturated heterocycles. The smallest absolute Gasteiger partial charge is 0.339 e. The van der Waals surface area contributed by atoms with Crippen LogP contribution in [0.25, 0.3) is 0 Å². The van der Waals surface area contributed by atoms with Crippen molar-refractivity contribution < 1.29 is 14.8 Å². The number of carbonyl (C=O) groups excluding carboxylic acids is 2. The van der Waals surface area contributed by atoms with Gasteiger partial charge in [-0.25, -0.2) is 9.86 Å². The Morgan fingerprint density at radius 3 is 2.71 bits per heavy atom. The van der Waals surface area contributed by atoms with E-state index < -0.39 is 6.03 Å². The first-order valence-electron chi connectivity index (χ1n) is 5.07. The van der Waals surface area contributed by atoms with Gasteiger partial charge in [-0.1, -0.05) is 12.1 Å². The summed E-state index contributed by atoms with van der Waals surface area (Å²) in [6.07, 6.45) is 0. The number of urea groups is 1. The fraction of sp³-hybridized carbons (Fsp3) is 0.273. The molecule has 0 aliphatic carbocycles. The van der Waals surface area contributed by atoms with Gasteiger partial charge in [0.25, 0.3) is 0 Å². The molecule has 1 aromatic carbocycles. The Balaban J connectivity index is 2.71. The standard InChI is InChI=1S/C11H15N3O3/c1-8(15)13-10-5-3-4-9(6-10)7-14(17)11(16)12-2/h3-6,17H,7H2,1-2H3,(H,12,16)(H,13,15). The molecular weight excluding hydrogens is 222 g/mol. The molecule has 0 radical (unpaired) electrons. The zero-order valence-corrected chi connectivity index (χ0v) is 9.73. The highest BCUT2D eigenvalue weighted by atomic mass is 16.5. The second-order valence-corrected chi connectivity index (χ2v) is 3.49. The van der Waals surface area contributed by atoms with Gasteiger partial charge in [-0.15, -0.1) is 0 Å². The van der Waals surface area contributed by atoms with Crippen molar-refractivity contribution in [3.8, 4) is 0 Å². The molecule has 0 heterocycles. The average Bonchev–Trinajstić information content (AvgIpc) is 2.27. The van der Waals surface area contributed by atoms with E-state index in [4.69, 9.17) is 0 Å². The van der Waals surface area contributed by atoms with Crippen LogP contribution >= 0.6 is 0 Å². The van der Waals surface area contributed by atoms with Gasteiger partial charge in [0.1, 0.15) is 0 Å². The summed E-state index contributed by atoms with van der Waals surface area (Å²) in [6.45, 7) is 1.46. The van der Waals surface area contributed by atoms with Crippen LogP contribution in [0.1, 0.15) is 12.5 Å². The summed E-state index contributed by atoms with van der Waals surface area (Å²) < 4.78 is 0. The van der Waals surface area contributed by atoms with Crippen molar-refractivity contribution in [3.05, 3.63) is 29.8 Å². The normalized spacial score (nSPS) is 9.59. The predicted molar refractivity (Wildman–Crippen MR) is 62.5 cm³/mol. The monoisotopic (exact) mass is 237 g/mol. The molecule has 92 valence electrons. The summed E-state index contributed by atoms with van der Waals surface area (Å²) in [4.78, 5) is 21.9. The van der Waals surface area contributed by atoms with E-state index in [1.165, 1.54) is 14.0 Å². The summed E-state index contributed by atoms with van der Waals surface area (Å²) in [5.41, 5.74) is 1.34. The van der Waals surface area contributed by atoms with Gasteiger partial charge >= 0.3 is 6.03 Å². The van der Waals surface area contributed by atoms with Crippen molar-refractivity contribution in [2.45, 2.75) is 13.5 Å².